The van der Waals surface area contributed by atoms with Gasteiger partial charge in [0.2, 0.25) is 5.91 Å². The number of aliphatic hydroxyl groups is 1. The van der Waals surface area contributed by atoms with Crippen LogP contribution in [0, 0.1) is 0 Å². The smallest absolute Gasteiger partial charge is 0.242 e. The van der Waals surface area contributed by atoms with E-state index in [1.165, 1.54) is 0 Å². The first-order valence-corrected chi connectivity index (χ1v) is 8.65. The number of aliphatic hydroxyl groups excluding tert-OH is 1. The summed E-state index contributed by atoms with van der Waals surface area (Å²) in [5, 5.41) is 14.0. The molecule has 1 aliphatic heterocycles. The third kappa shape index (κ3) is 5.21. The fourth-order valence-electron chi connectivity index (χ4n) is 2.99. The largest absolute Gasteiger partial charge is 0.387 e. The molecule has 138 valence electrons. The first kappa shape index (κ1) is 20.3. The summed E-state index contributed by atoms with van der Waals surface area (Å²) in [5.41, 5.74) is 0.750. The molecule has 6 nitrogen and oxygen atoms in total. The van der Waals surface area contributed by atoms with Crippen LogP contribution in [0.5, 0.6) is 0 Å². The fraction of sp³-hybridized carbons (Fsp3) is 0.529. The first-order chi connectivity index (χ1) is 11.6. The summed E-state index contributed by atoms with van der Waals surface area (Å²) in [5.74, 6) is 0.793. The topological polar surface area (TPSA) is 68.2 Å². The Morgan fingerprint density at radius 1 is 1.44 bits per heavy atom. The molecule has 1 aliphatic carbocycles. The highest BCUT2D eigenvalue weighted by Crippen LogP contribution is 2.28. The van der Waals surface area contributed by atoms with E-state index in [0.717, 1.165) is 31.5 Å². The fourth-order valence-corrected chi connectivity index (χ4v) is 3.19. The Kier molecular flexibility index (Phi) is 7.33. The minimum atomic E-state index is -0.691. The van der Waals surface area contributed by atoms with Crippen molar-refractivity contribution in [3.63, 3.8) is 0 Å². The van der Waals surface area contributed by atoms with Crippen molar-refractivity contribution in [1.29, 1.82) is 0 Å². The van der Waals surface area contributed by atoms with Crippen molar-refractivity contribution in [2.45, 2.75) is 25.0 Å². The number of guanidine groups is 1. The average molecular weight is 479 g/mol. The van der Waals surface area contributed by atoms with Crippen LogP contribution >= 0.6 is 35.6 Å². The molecular weight excluding hydrogens is 455 g/mol. The average Bonchev–Trinajstić information content (AvgIpc) is 3.40. The molecule has 8 heteroatoms. The predicted octanol–water partition coefficient (Wildman–Crippen LogP) is 1.87. The van der Waals surface area contributed by atoms with Gasteiger partial charge in [-0.2, -0.15) is 0 Å². The molecule has 0 radical (unpaired) electrons. The van der Waals surface area contributed by atoms with Gasteiger partial charge in [0, 0.05) is 37.7 Å². The van der Waals surface area contributed by atoms with Crippen molar-refractivity contribution in [3.05, 3.63) is 34.9 Å². The van der Waals surface area contributed by atoms with Crippen molar-refractivity contribution < 1.29 is 9.90 Å². The van der Waals surface area contributed by atoms with Gasteiger partial charge in [0.25, 0.3) is 0 Å². The van der Waals surface area contributed by atoms with E-state index in [2.05, 4.69) is 10.3 Å². The number of amides is 1. The monoisotopic (exact) mass is 478 g/mol. The third-order valence-electron chi connectivity index (χ3n) is 4.44. The Morgan fingerprint density at radius 2 is 2.20 bits per heavy atom. The Morgan fingerprint density at radius 3 is 2.80 bits per heavy atom. The molecule has 0 spiro atoms. The normalized spacial score (nSPS) is 19.5. The summed E-state index contributed by atoms with van der Waals surface area (Å²) >= 11 is 5.96. The molecule has 1 amide bonds. The van der Waals surface area contributed by atoms with Gasteiger partial charge in [0.1, 0.15) is 0 Å². The highest BCUT2D eigenvalue weighted by atomic mass is 127. The molecule has 1 heterocycles. The molecule has 1 atom stereocenters. The summed E-state index contributed by atoms with van der Waals surface area (Å²) in [7, 11) is 1.69. The molecule has 1 saturated heterocycles. The van der Waals surface area contributed by atoms with Crippen LogP contribution in [0.1, 0.15) is 24.5 Å². The molecule has 25 heavy (non-hydrogen) atoms. The molecule has 1 unspecified atom stereocenters. The van der Waals surface area contributed by atoms with Gasteiger partial charge >= 0.3 is 0 Å². The number of aliphatic imine (C=N–C) groups is 1. The molecule has 0 aromatic heterocycles. The van der Waals surface area contributed by atoms with E-state index in [-0.39, 0.29) is 29.9 Å². The molecule has 2 aliphatic rings. The lowest BCUT2D eigenvalue weighted by Crippen LogP contribution is -2.56. The SMILES string of the molecule is CN=C(NCC(O)c1cccc(Cl)c1)N1CCN(C2CC2)C(=O)C1.I. The second-order valence-corrected chi connectivity index (χ2v) is 6.68. The molecule has 1 aromatic rings. The minimum absolute atomic E-state index is 0. The maximum atomic E-state index is 12.2. The van der Waals surface area contributed by atoms with Crippen LogP contribution in [-0.2, 0) is 4.79 Å². The maximum absolute atomic E-state index is 12.2. The van der Waals surface area contributed by atoms with Crippen LogP contribution in [0.3, 0.4) is 0 Å². The molecule has 0 bridgehead atoms. The van der Waals surface area contributed by atoms with E-state index >= 15 is 0 Å². The summed E-state index contributed by atoms with van der Waals surface area (Å²) in [6, 6.07) is 7.62. The van der Waals surface area contributed by atoms with Crippen LogP contribution in [0.15, 0.2) is 29.3 Å². The maximum Gasteiger partial charge on any atom is 0.242 e. The van der Waals surface area contributed by atoms with Crippen LogP contribution in [0.4, 0.5) is 0 Å². The number of carbonyl (C=O) groups is 1. The van der Waals surface area contributed by atoms with E-state index in [0.29, 0.717) is 30.1 Å². The summed E-state index contributed by atoms with van der Waals surface area (Å²) in [4.78, 5) is 20.4. The number of nitrogens with zero attached hydrogens (tertiary/aromatic N) is 3. The van der Waals surface area contributed by atoms with Crippen molar-refractivity contribution in [3.8, 4) is 0 Å². The number of carbonyl (C=O) groups excluding carboxylic acids is 1. The Labute approximate surface area is 170 Å². The molecule has 1 aromatic carbocycles. The molecular formula is C17H24ClIN4O2. The highest BCUT2D eigenvalue weighted by molar-refractivity contribution is 14.0. The van der Waals surface area contributed by atoms with Gasteiger partial charge in [-0.1, -0.05) is 23.7 Å². The van der Waals surface area contributed by atoms with E-state index < -0.39 is 6.10 Å². The molecule has 2 fully saturated rings. The van der Waals surface area contributed by atoms with Gasteiger partial charge in [-0.3, -0.25) is 9.79 Å². The van der Waals surface area contributed by atoms with Gasteiger partial charge < -0.3 is 20.2 Å². The van der Waals surface area contributed by atoms with E-state index in [1.807, 2.05) is 21.9 Å². The number of benzene rings is 1. The van der Waals surface area contributed by atoms with Gasteiger partial charge in [-0.25, -0.2) is 0 Å². The van der Waals surface area contributed by atoms with Crippen molar-refractivity contribution >= 4 is 47.4 Å². The second kappa shape index (κ2) is 9.05. The number of rotatable bonds is 4. The Bertz CT molecular complexity index is 639. The van der Waals surface area contributed by atoms with Crippen molar-refractivity contribution in [2.24, 2.45) is 4.99 Å². The Hall–Kier alpha value is -1.06. The summed E-state index contributed by atoms with van der Waals surface area (Å²) in [6.45, 7) is 2.14. The highest BCUT2D eigenvalue weighted by Gasteiger charge is 2.36. The first-order valence-electron chi connectivity index (χ1n) is 8.27. The van der Waals surface area contributed by atoms with Crippen LogP contribution in [0.25, 0.3) is 0 Å². The number of hydrogen-bond donors (Lipinski definition) is 2. The number of piperazine rings is 1. The van der Waals surface area contributed by atoms with Gasteiger partial charge in [0.15, 0.2) is 5.96 Å². The van der Waals surface area contributed by atoms with Crippen LogP contribution in [-0.4, -0.2) is 66.0 Å². The molecule has 3 rings (SSSR count). The van der Waals surface area contributed by atoms with Gasteiger partial charge in [-0.15, -0.1) is 24.0 Å². The molecule has 1 saturated carbocycles. The second-order valence-electron chi connectivity index (χ2n) is 6.24. The summed E-state index contributed by atoms with van der Waals surface area (Å²) in [6.07, 6.45) is 1.57. The van der Waals surface area contributed by atoms with Crippen LogP contribution in [0.2, 0.25) is 5.02 Å². The lowest BCUT2D eigenvalue weighted by molar-refractivity contribution is -0.135. The quantitative estimate of drug-likeness (QED) is 0.394. The zero-order valence-electron chi connectivity index (χ0n) is 14.2. The number of nitrogens with one attached hydrogen (secondary N) is 1. The zero-order valence-corrected chi connectivity index (χ0v) is 17.3. The van der Waals surface area contributed by atoms with Crippen LogP contribution < -0.4 is 5.32 Å². The third-order valence-corrected chi connectivity index (χ3v) is 4.68. The Balaban J connectivity index is 0.00000225. The summed E-state index contributed by atoms with van der Waals surface area (Å²) < 4.78 is 0. The van der Waals surface area contributed by atoms with Gasteiger partial charge in [-0.05, 0) is 30.5 Å². The standard InChI is InChI=1S/C17H23ClN4O2.HI/c1-19-17(20-10-15(23)12-3-2-4-13(18)9-12)21-7-8-22(14-5-6-14)16(24)11-21;/h2-4,9,14-15,23H,5-8,10-11H2,1H3,(H,19,20);1H. The number of hydrogen-bond acceptors (Lipinski definition) is 3. The predicted molar refractivity (Wildman–Crippen MR) is 109 cm³/mol. The van der Waals surface area contributed by atoms with Crippen molar-refractivity contribution in [2.75, 3.05) is 33.2 Å². The number of halogens is 2. The van der Waals surface area contributed by atoms with Crippen molar-refractivity contribution in [1.82, 2.24) is 15.1 Å². The van der Waals surface area contributed by atoms with E-state index in [9.17, 15) is 9.90 Å². The van der Waals surface area contributed by atoms with Gasteiger partial charge in [0.05, 0.1) is 12.6 Å². The lowest BCUT2D eigenvalue weighted by atomic mass is 10.1. The lowest BCUT2D eigenvalue weighted by Gasteiger charge is -2.36. The van der Waals surface area contributed by atoms with E-state index in [4.69, 9.17) is 11.6 Å². The zero-order chi connectivity index (χ0) is 17.1. The van der Waals surface area contributed by atoms with E-state index in [1.54, 1.807) is 19.2 Å². The molecule has 2 N–H and O–H groups in total. The minimum Gasteiger partial charge on any atom is -0.387 e.